The molecule has 0 bridgehead atoms. The van der Waals surface area contributed by atoms with Crippen molar-refractivity contribution in [3.8, 4) is 0 Å². The lowest BCUT2D eigenvalue weighted by Crippen LogP contribution is -2.02. The quantitative estimate of drug-likeness (QED) is 0.638. The van der Waals surface area contributed by atoms with Gasteiger partial charge in [0.2, 0.25) is 0 Å². The summed E-state index contributed by atoms with van der Waals surface area (Å²) in [6.07, 6.45) is 3.64. The first kappa shape index (κ1) is 15.5. The van der Waals surface area contributed by atoms with E-state index in [1.807, 2.05) is 30.3 Å². The molecule has 2 aromatic carbocycles. The number of methoxy groups -OCH3 is 1. The smallest absolute Gasteiger partial charge is 0.338 e. The molecule has 0 fully saturated rings. The highest BCUT2D eigenvalue weighted by atomic mass is 16.5. The van der Waals surface area contributed by atoms with Crippen molar-refractivity contribution in [2.75, 3.05) is 7.11 Å². The minimum absolute atomic E-state index is 0.336. The zero-order valence-corrected chi connectivity index (χ0v) is 12.6. The van der Waals surface area contributed by atoms with Gasteiger partial charge in [-0.1, -0.05) is 50.5 Å². The van der Waals surface area contributed by atoms with E-state index in [4.69, 9.17) is 4.74 Å². The second-order valence-electron chi connectivity index (χ2n) is 5.29. The topological polar surface area (TPSA) is 46.5 Å². The highest BCUT2D eigenvalue weighted by Crippen LogP contribution is 2.26. The molecule has 3 heteroatoms. The SMILES string of the molecule is CCCCC[C@@H](O)c1ccc2c(C(=O)OC)cccc2c1. The average molecular weight is 286 g/mol. The summed E-state index contributed by atoms with van der Waals surface area (Å²) in [4.78, 5) is 11.7. The second-order valence-corrected chi connectivity index (χ2v) is 5.29. The molecule has 0 heterocycles. The van der Waals surface area contributed by atoms with Gasteiger partial charge in [-0.2, -0.15) is 0 Å². The lowest BCUT2D eigenvalue weighted by Gasteiger charge is -2.12. The van der Waals surface area contributed by atoms with Gasteiger partial charge < -0.3 is 9.84 Å². The zero-order valence-electron chi connectivity index (χ0n) is 12.6. The van der Waals surface area contributed by atoms with Crippen LogP contribution in [0, 0.1) is 0 Å². The Morgan fingerprint density at radius 1 is 1.24 bits per heavy atom. The van der Waals surface area contributed by atoms with Gasteiger partial charge in [0, 0.05) is 0 Å². The number of aliphatic hydroxyl groups excluding tert-OH is 1. The van der Waals surface area contributed by atoms with E-state index in [1.54, 1.807) is 6.07 Å². The van der Waals surface area contributed by atoms with Crippen LogP contribution >= 0.6 is 0 Å². The molecule has 0 spiro atoms. The van der Waals surface area contributed by atoms with Crippen LogP contribution in [-0.2, 0) is 4.74 Å². The molecule has 2 aromatic rings. The number of aliphatic hydroxyl groups is 1. The van der Waals surface area contributed by atoms with Crippen LogP contribution in [0.5, 0.6) is 0 Å². The van der Waals surface area contributed by atoms with Gasteiger partial charge in [-0.05, 0) is 34.9 Å². The Morgan fingerprint density at radius 2 is 2.05 bits per heavy atom. The monoisotopic (exact) mass is 286 g/mol. The third-order valence-electron chi connectivity index (χ3n) is 3.78. The van der Waals surface area contributed by atoms with Crippen LogP contribution in [-0.4, -0.2) is 18.2 Å². The summed E-state index contributed by atoms with van der Waals surface area (Å²) in [6.45, 7) is 2.15. The fourth-order valence-electron chi connectivity index (χ4n) is 2.55. The van der Waals surface area contributed by atoms with E-state index < -0.39 is 6.10 Å². The molecule has 0 aromatic heterocycles. The number of carbonyl (C=O) groups excluding carboxylic acids is 1. The molecular formula is C18H22O3. The highest BCUT2D eigenvalue weighted by Gasteiger charge is 2.12. The van der Waals surface area contributed by atoms with Crippen molar-refractivity contribution in [2.45, 2.75) is 38.7 Å². The molecule has 21 heavy (non-hydrogen) atoms. The predicted molar refractivity (Wildman–Crippen MR) is 84.4 cm³/mol. The molecule has 2 rings (SSSR count). The Bertz CT molecular complexity index is 619. The first-order chi connectivity index (χ1) is 10.2. The molecule has 0 aliphatic carbocycles. The van der Waals surface area contributed by atoms with E-state index in [-0.39, 0.29) is 5.97 Å². The number of carbonyl (C=O) groups is 1. The summed E-state index contributed by atoms with van der Waals surface area (Å²) in [5, 5.41) is 12.0. The van der Waals surface area contributed by atoms with Crippen molar-refractivity contribution in [3.05, 3.63) is 47.5 Å². The van der Waals surface area contributed by atoms with Crippen LogP contribution in [0.15, 0.2) is 36.4 Å². The number of esters is 1. The standard InChI is InChI=1S/C18H22O3/c1-3-4-5-9-17(19)14-10-11-15-13(12-14)7-6-8-16(15)18(20)21-2/h6-8,10-12,17,19H,3-5,9H2,1-2H3/t17-/m1/s1. The van der Waals surface area contributed by atoms with Crippen molar-refractivity contribution in [2.24, 2.45) is 0 Å². The minimum Gasteiger partial charge on any atom is -0.465 e. The Labute approximate surface area is 125 Å². The van der Waals surface area contributed by atoms with E-state index in [0.717, 1.165) is 42.0 Å². The van der Waals surface area contributed by atoms with Gasteiger partial charge in [-0.15, -0.1) is 0 Å². The Hall–Kier alpha value is -1.87. The number of fused-ring (bicyclic) bond motifs is 1. The summed E-state index contributed by atoms with van der Waals surface area (Å²) in [7, 11) is 1.38. The van der Waals surface area contributed by atoms with Crippen LogP contribution in [0.1, 0.15) is 54.6 Å². The zero-order chi connectivity index (χ0) is 15.2. The molecular weight excluding hydrogens is 264 g/mol. The van der Waals surface area contributed by atoms with E-state index >= 15 is 0 Å². The van der Waals surface area contributed by atoms with Gasteiger partial charge in [-0.3, -0.25) is 0 Å². The summed E-state index contributed by atoms with van der Waals surface area (Å²) in [5.41, 5.74) is 1.46. The van der Waals surface area contributed by atoms with E-state index in [2.05, 4.69) is 6.92 Å². The van der Waals surface area contributed by atoms with Crippen molar-refractivity contribution in [1.82, 2.24) is 0 Å². The molecule has 3 nitrogen and oxygen atoms in total. The van der Waals surface area contributed by atoms with Gasteiger partial charge in [-0.25, -0.2) is 4.79 Å². The molecule has 0 aliphatic rings. The van der Waals surface area contributed by atoms with Crippen molar-refractivity contribution < 1.29 is 14.6 Å². The molecule has 0 saturated carbocycles. The molecule has 0 aliphatic heterocycles. The van der Waals surface area contributed by atoms with Crippen LogP contribution < -0.4 is 0 Å². The van der Waals surface area contributed by atoms with Gasteiger partial charge in [0.05, 0.1) is 18.8 Å². The van der Waals surface area contributed by atoms with Crippen LogP contribution in [0.2, 0.25) is 0 Å². The Balaban J connectivity index is 2.28. The first-order valence-electron chi connectivity index (χ1n) is 7.46. The summed E-state index contributed by atoms with van der Waals surface area (Å²) >= 11 is 0. The largest absolute Gasteiger partial charge is 0.465 e. The molecule has 112 valence electrons. The molecule has 0 radical (unpaired) electrons. The lowest BCUT2D eigenvalue weighted by molar-refractivity contribution is 0.0603. The maximum absolute atomic E-state index is 11.7. The summed E-state index contributed by atoms with van der Waals surface area (Å²) in [6, 6.07) is 11.3. The first-order valence-corrected chi connectivity index (χ1v) is 7.46. The minimum atomic E-state index is -0.442. The Kier molecular flexibility index (Phi) is 5.34. The fourth-order valence-corrected chi connectivity index (χ4v) is 2.55. The van der Waals surface area contributed by atoms with E-state index in [9.17, 15) is 9.90 Å². The number of benzene rings is 2. The summed E-state index contributed by atoms with van der Waals surface area (Å²) < 4.78 is 4.80. The van der Waals surface area contributed by atoms with Gasteiger partial charge in [0.15, 0.2) is 0 Å². The third-order valence-corrected chi connectivity index (χ3v) is 3.78. The highest BCUT2D eigenvalue weighted by molar-refractivity contribution is 6.04. The number of hydrogen-bond donors (Lipinski definition) is 1. The van der Waals surface area contributed by atoms with Crippen LogP contribution in [0.25, 0.3) is 10.8 Å². The van der Waals surface area contributed by atoms with Crippen molar-refractivity contribution >= 4 is 16.7 Å². The predicted octanol–water partition coefficient (Wildman–Crippen LogP) is 4.24. The second kappa shape index (κ2) is 7.23. The molecule has 0 amide bonds. The number of unbranched alkanes of at least 4 members (excludes halogenated alkanes) is 2. The Morgan fingerprint density at radius 3 is 2.76 bits per heavy atom. The maximum Gasteiger partial charge on any atom is 0.338 e. The maximum atomic E-state index is 11.7. The van der Waals surface area contributed by atoms with Gasteiger partial charge >= 0.3 is 5.97 Å². The summed E-state index contributed by atoms with van der Waals surface area (Å²) in [5.74, 6) is -0.336. The van der Waals surface area contributed by atoms with Gasteiger partial charge in [0.25, 0.3) is 0 Å². The van der Waals surface area contributed by atoms with Crippen molar-refractivity contribution in [3.63, 3.8) is 0 Å². The third kappa shape index (κ3) is 3.61. The number of hydrogen-bond acceptors (Lipinski definition) is 3. The van der Waals surface area contributed by atoms with E-state index in [1.165, 1.54) is 7.11 Å². The molecule has 0 saturated heterocycles. The van der Waals surface area contributed by atoms with Crippen molar-refractivity contribution in [1.29, 1.82) is 0 Å². The molecule has 0 unspecified atom stereocenters. The number of ether oxygens (including phenoxy) is 1. The average Bonchev–Trinajstić information content (AvgIpc) is 2.53. The fraction of sp³-hybridized carbons (Fsp3) is 0.389. The molecule has 1 atom stereocenters. The van der Waals surface area contributed by atoms with Gasteiger partial charge in [0.1, 0.15) is 0 Å². The lowest BCUT2D eigenvalue weighted by atomic mass is 9.97. The molecule has 1 N–H and O–H groups in total. The van der Waals surface area contributed by atoms with E-state index in [0.29, 0.717) is 5.56 Å². The van der Waals surface area contributed by atoms with Crippen LogP contribution in [0.4, 0.5) is 0 Å². The number of rotatable bonds is 6. The normalized spacial score (nSPS) is 12.3. The van der Waals surface area contributed by atoms with Crippen LogP contribution in [0.3, 0.4) is 0 Å².